The largest absolute Gasteiger partial charge is 0.326 e. The minimum absolute atomic E-state index is 0.0595. The SMILES string of the molecule is CC1C=CC=C2C(=O)N(C3CCC(=O)NC3=O)CC21. The van der Waals surface area contributed by atoms with E-state index in [0.29, 0.717) is 25.3 Å². The van der Waals surface area contributed by atoms with Crippen molar-refractivity contribution in [1.82, 2.24) is 10.2 Å². The van der Waals surface area contributed by atoms with Crippen LogP contribution in [0.1, 0.15) is 19.8 Å². The highest BCUT2D eigenvalue weighted by Crippen LogP contribution is 2.35. The van der Waals surface area contributed by atoms with Crippen LogP contribution in [0.15, 0.2) is 23.8 Å². The molecular formula is C14H16N2O3. The highest BCUT2D eigenvalue weighted by Gasteiger charge is 2.44. The molecule has 0 saturated carbocycles. The summed E-state index contributed by atoms with van der Waals surface area (Å²) in [6.45, 7) is 2.65. The van der Waals surface area contributed by atoms with Crippen molar-refractivity contribution in [3.8, 4) is 0 Å². The van der Waals surface area contributed by atoms with Crippen molar-refractivity contribution in [2.24, 2.45) is 11.8 Å². The maximum Gasteiger partial charge on any atom is 0.250 e. The average Bonchev–Trinajstić information content (AvgIpc) is 2.69. The van der Waals surface area contributed by atoms with E-state index in [-0.39, 0.29) is 23.6 Å². The molecule has 0 aromatic heterocycles. The van der Waals surface area contributed by atoms with Crippen LogP contribution in [0, 0.1) is 11.8 Å². The Labute approximate surface area is 111 Å². The summed E-state index contributed by atoms with van der Waals surface area (Å²) >= 11 is 0. The monoisotopic (exact) mass is 260 g/mol. The van der Waals surface area contributed by atoms with Crippen molar-refractivity contribution < 1.29 is 14.4 Å². The molecule has 3 unspecified atom stereocenters. The molecule has 2 fully saturated rings. The Morgan fingerprint density at radius 2 is 2.11 bits per heavy atom. The molecule has 0 aromatic carbocycles. The number of imide groups is 1. The van der Waals surface area contributed by atoms with Crippen LogP contribution in [-0.2, 0) is 14.4 Å². The molecular weight excluding hydrogens is 244 g/mol. The molecule has 0 spiro atoms. The summed E-state index contributed by atoms with van der Waals surface area (Å²) in [5.74, 6) is -0.176. The first kappa shape index (κ1) is 12.1. The first-order chi connectivity index (χ1) is 9.08. The van der Waals surface area contributed by atoms with E-state index in [4.69, 9.17) is 0 Å². The van der Waals surface area contributed by atoms with Crippen molar-refractivity contribution in [3.63, 3.8) is 0 Å². The van der Waals surface area contributed by atoms with Gasteiger partial charge in [-0.1, -0.05) is 25.2 Å². The second-order valence-electron chi connectivity index (χ2n) is 5.40. The zero-order chi connectivity index (χ0) is 13.6. The number of nitrogens with zero attached hydrogens (tertiary/aromatic N) is 1. The van der Waals surface area contributed by atoms with Crippen molar-refractivity contribution >= 4 is 17.7 Å². The van der Waals surface area contributed by atoms with E-state index in [1.165, 1.54) is 0 Å². The van der Waals surface area contributed by atoms with Gasteiger partial charge in [-0.15, -0.1) is 0 Å². The van der Waals surface area contributed by atoms with Crippen LogP contribution in [0.25, 0.3) is 0 Å². The molecule has 0 bridgehead atoms. The minimum Gasteiger partial charge on any atom is -0.326 e. The molecule has 5 nitrogen and oxygen atoms in total. The van der Waals surface area contributed by atoms with Gasteiger partial charge >= 0.3 is 0 Å². The second-order valence-corrected chi connectivity index (χ2v) is 5.40. The third kappa shape index (κ3) is 1.89. The average molecular weight is 260 g/mol. The van der Waals surface area contributed by atoms with Crippen molar-refractivity contribution in [1.29, 1.82) is 0 Å². The van der Waals surface area contributed by atoms with Crippen molar-refractivity contribution in [2.75, 3.05) is 6.54 Å². The van der Waals surface area contributed by atoms with E-state index in [2.05, 4.69) is 18.3 Å². The predicted molar refractivity (Wildman–Crippen MR) is 67.8 cm³/mol. The summed E-state index contributed by atoms with van der Waals surface area (Å²) in [6, 6.07) is -0.496. The Kier molecular flexibility index (Phi) is 2.77. The Morgan fingerprint density at radius 3 is 2.79 bits per heavy atom. The number of carbonyl (C=O) groups is 3. The molecule has 1 aliphatic carbocycles. The Hall–Kier alpha value is -1.91. The molecule has 1 N–H and O–H groups in total. The second kappa shape index (κ2) is 4.33. The van der Waals surface area contributed by atoms with Gasteiger partial charge in [0.05, 0.1) is 0 Å². The van der Waals surface area contributed by atoms with Gasteiger partial charge in [-0.05, 0) is 12.3 Å². The number of fused-ring (bicyclic) bond motifs is 1. The molecule has 2 aliphatic heterocycles. The van der Waals surface area contributed by atoms with Gasteiger partial charge in [-0.3, -0.25) is 19.7 Å². The number of hydrogen-bond donors (Lipinski definition) is 1. The minimum atomic E-state index is -0.496. The molecule has 0 aromatic rings. The van der Waals surface area contributed by atoms with Gasteiger partial charge in [0.15, 0.2) is 0 Å². The lowest BCUT2D eigenvalue weighted by Gasteiger charge is -2.29. The molecule has 2 heterocycles. The van der Waals surface area contributed by atoms with E-state index in [1.807, 2.05) is 12.2 Å². The van der Waals surface area contributed by atoms with E-state index >= 15 is 0 Å². The lowest BCUT2D eigenvalue weighted by Crippen LogP contribution is -2.53. The summed E-state index contributed by atoms with van der Waals surface area (Å²) in [5, 5.41) is 2.31. The maximum absolute atomic E-state index is 12.4. The van der Waals surface area contributed by atoms with Gasteiger partial charge in [-0.2, -0.15) is 0 Å². The van der Waals surface area contributed by atoms with Crippen LogP contribution in [0.4, 0.5) is 0 Å². The Bertz CT molecular complexity index is 521. The molecule has 3 atom stereocenters. The Morgan fingerprint density at radius 1 is 1.32 bits per heavy atom. The highest BCUT2D eigenvalue weighted by molar-refractivity contribution is 6.04. The summed E-state index contributed by atoms with van der Waals surface area (Å²) in [6.07, 6.45) is 6.56. The van der Waals surface area contributed by atoms with Crippen LogP contribution in [0.3, 0.4) is 0 Å². The molecule has 100 valence electrons. The first-order valence-electron chi connectivity index (χ1n) is 6.61. The zero-order valence-corrected chi connectivity index (χ0v) is 10.8. The van der Waals surface area contributed by atoms with Crippen LogP contribution in [-0.4, -0.2) is 35.2 Å². The van der Waals surface area contributed by atoms with E-state index in [0.717, 1.165) is 5.57 Å². The van der Waals surface area contributed by atoms with Gasteiger partial charge in [0.2, 0.25) is 11.8 Å². The number of carbonyl (C=O) groups excluding carboxylic acids is 3. The summed E-state index contributed by atoms with van der Waals surface area (Å²) in [5.41, 5.74) is 0.791. The smallest absolute Gasteiger partial charge is 0.250 e. The van der Waals surface area contributed by atoms with Gasteiger partial charge in [-0.25, -0.2) is 0 Å². The fourth-order valence-electron chi connectivity index (χ4n) is 3.08. The normalized spacial score (nSPS) is 34.2. The fourth-order valence-corrected chi connectivity index (χ4v) is 3.08. The van der Waals surface area contributed by atoms with Gasteiger partial charge in [0, 0.05) is 24.5 Å². The lowest BCUT2D eigenvalue weighted by atomic mass is 9.85. The molecule has 3 aliphatic rings. The van der Waals surface area contributed by atoms with Gasteiger partial charge in [0.1, 0.15) is 6.04 Å². The maximum atomic E-state index is 12.4. The highest BCUT2D eigenvalue weighted by atomic mass is 16.2. The third-order valence-corrected chi connectivity index (χ3v) is 4.21. The number of rotatable bonds is 1. The summed E-state index contributed by atoms with van der Waals surface area (Å²) in [7, 11) is 0. The predicted octanol–water partition coefficient (Wildman–Crippen LogP) is 0.382. The van der Waals surface area contributed by atoms with E-state index in [1.54, 1.807) is 4.90 Å². The number of amides is 3. The number of likely N-dealkylation sites (tertiary alicyclic amines) is 1. The topological polar surface area (TPSA) is 66.5 Å². The fraction of sp³-hybridized carbons (Fsp3) is 0.500. The quantitative estimate of drug-likeness (QED) is 0.693. The molecule has 3 amide bonds. The number of hydrogen-bond acceptors (Lipinski definition) is 3. The van der Waals surface area contributed by atoms with Crippen LogP contribution in [0.2, 0.25) is 0 Å². The van der Waals surface area contributed by atoms with Crippen LogP contribution >= 0.6 is 0 Å². The summed E-state index contributed by atoms with van der Waals surface area (Å²) < 4.78 is 0. The molecule has 2 saturated heterocycles. The number of nitrogens with one attached hydrogen (secondary N) is 1. The zero-order valence-electron chi connectivity index (χ0n) is 10.8. The molecule has 5 heteroatoms. The van der Waals surface area contributed by atoms with E-state index < -0.39 is 6.04 Å². The number of allylic oxidation sites excluding steroid dienone is 3. The lowest BCUT2D eigenvalue weighted by molar-refractivity contribution is -0.142. The Balaban J connectivity index is 1.83. The third-order valence-electron chi connectivity index (χ3n) is 4.21. The van der Waals surface area contributed by atoms with E-state index in [9.17, 15) is 14.4 Å². The first-order valence-corrected chi connectivity index (χ1v) is 6.61. The standard InChI is InChI=1S/C14H16N2O3/c1-8-3-2-4-9-10(8)7-16(14(9)19)11-5-6-12(17)15-13(11)18/h2-4,8,10-11H,5-7H2,1H3,(H,15,17,18). The van der Waals surface area contributed by atoms with Crippen molar-refractivity contribution in [2.45, 2.75) is 25.8 Å². The number of piperidine rings is 1. The van der Waals surface area contributed by atoms with Crippen molar-refractivity contribution in [3.05, 3.63) is 23.8 Å². The molecule has 0 radical (unpaired) electrons. The van der Waals surface area contributed by atoms with Crippen LogP contribution in [0.5, 0.6) is 0 Å². The summed E-state index contributed by atoms with van der Waals surface area (Å²) in [4.78, 5) is 37.0. The van der Waals surface area contributed by atoms with Crippen LogP contribution < -0.4 is 5.32 Å². The molecule has 19 heavy (non-hydrogen) atoms. The molecule has 3 rings (SSSR count). The van der Waals surface area contributed by atoms with Gasteiger partial charge < -0.3 is 4.90 Å². The van der Waals surface area contributed by atoms with Gasteiger partial charge in [0.25, 0.3) is 5.91 Å².